The molecule has 0 saturated carbocycles. The molecule has 1 aromatic rings. The molecule has 0 aliphatic rings. The Morgan fingerprint density at radius 2 is 2.00 bits per heavy atom. The predicted molar refractivity (Wildman–Crippen MR) is 57.4 cm³/mol. The Kier molecular flexibility index (Phi) is 9.06. The maximum absolute atomic E-state index is 5.60. The van der Waals surface area contributed by atoms with E-state index in [4.69, 9.17) is 17.3 Å². The number of benzene rings is 1. The second-order valence-corrected chi connectivity index (χ2v) is 2.76. The first-order chi connectivity index (χ1) is 6.26. The second kappa shape index (κ2) is 8.29. The predicted octanol–water partition coefficient (Wildman–Crippen LogP) is 0.888. The summed E-state index contributed by atoms with van der Waals surface area (Å²) in [5, 5.41) is 0. The first-order valence-electron chi connectivity index (χ1n) is 4.31. The molecule has 0 amide bonds. The van der Waals surface area contributed by atoms with E-state index in [1.807, 2.05) is 25.1 Å². The summed E-state index contributed by atoms with van der Waals surface area (Å²) in [5.74, 6) is 0.744. The van der Waals surface area contributed by atoms with Crippen molar-refractivity contribution in [2.45, 2.75) is 19.6 Å². The minimum atomic E-state index is -0.193. The molecule has 0 radical (unpaired) electrons. The Balaban J connectivity index is 0. The van der Waals surface area contributed by atoms with Crippen LogP contribution in [-0.2, 0) is 4.74 Å². The summed E-state index contributed by atoms with van der Waals surface area (Å²) >= 11 is 0. The van der Waals surface area contributed by atoms with Crippen LogP contribution >= 0.6 is 0 Å². The van der Waals surface area contributed by atoms with Crippen molar-refractivity contribution in [2.24, 2.45) is 0 Å². The zero-order valence-electron chi connectivity index (χ0n) is 8.88. The van der Waals surface area contributed by atoms with Gasteiger partial charge in [0.25, 0.3) is 0 Å². The Bertz CT molecular complexity index is 263. The molecule has 1 unspecified atom stereocenters. The SMILES string of the molecule is [B+2]c1cccc(OC(CC)OC)c1.[OH-].[OH-]. The van der Waals surface area contributed by atoms with Gasteiger partial charge in [-0.2, -0.15) is 0 Å². The van der Waals surface area contributed by atoms with Crippen molar-refractivity contribution in [3.05, 3.63) is 24.3 Å². The number of ether oxygens (including phenoxy) is 2. The largest absolute Gasteiger partial charge is 0.870 e. The fourth-order valence-corrected chi connectivity index (χ4v) is 1.04. The molecule has 0 aliphatic heterocycles. The number of rotatable bonds is 4. The summed E-state index contributed by atoms with van der Waals surface area (Å²) in [4.78, 5) is 0. The molecular weight excluding hydrogens is 195 g/mol. The van der Waals surface area contributed by atoms with Gasteiger partial charge in [0.05, 0.1) is 0 Å². The molecule has 2 N–H and O–H groups in total. The van der Waals surface area contributed by atoms with Crippen LogP contribution in [0.2, 0.25) is 0 Å². The van der Waals surface area contributed by atoms with E-state index < -0.39 is 0 Å². The quantitative estimate of drug-likeness (QED) is 0.545. The number of hydrogen-bond donors (Lipinski definition) is 0. The second-order valence-electron chi connectivity index (χ2n) is 2.76. The van der Waals surface area contributed by atoms with E-state index in [9.17, 15) is 0 Å². The molecule has 0 saturated heterocycles. The molecule has 0 heterocycles. The maximum Gasteiger partial charge on any atom is -0.870 e. The Labute approximate surface area is 91.2 Å². The van der Waals surface area contributed by atoms with E-state index in [1.165, 1.54) is 0 Å². The van der Waals surface area contributed by atoms with E-state index in [0.717, 1.165) is 12.2 Å². The molecule has 15 heavy (non-hydrogen) atoms. The third-order valence-corrected chi connectivity index (χ3v) is 1.72. The number of hydrogen-bond acceptors (Lipinski definition) is 4. The van der Waals surface area contributed by atoms with Gasteiger partial charge in [-0.15, -0.1) is 0 Å². The Hall–Kier alpha value is -1.04. The summed E-state index contributed by atoms with van der Waals surface area (Å²) in [7, 11) is 7.22. The summed E-state index contributed by atoms with van der Waals surface area (Å²) in [5.41, 5.74) is 0.698. The van der Waals surface area contributed by atoms with Crippen LogP contribution in [-0.4, -0.2) is 32.2 Å². The van der Waals surface area contributed by atoms with Gasteiger partial charge in [-0.1, -0.05) is 0 Å². The zero-order valence-corrected chi connectivity index (χ0v) is 8.88. The molecule has 1 rings (SSSR count). The van der Waals surface area contributed by atoms with E-state index in [1.54, 1.807) is 13.2 Å². The average Bonchev–Trinajstić information content (AvgIpc) is 2.14. The van der Waals surface area contributed by atoms with Crippen molar-refractivity contribution in [1.82, 2.24) is 0 Å². The maximum atomic E-state index is 5.60. The monoisotopic (exact) mass is 210 g/mol. The van der Waals surface area contributed by atoms with Gasteiger partial charge in [0.1, 0.15) is 0 Å². The topological polar surface area (TPSA) is 78.5 Å². The van der Waals surface area contributed by atoms with Gasteiger partial charge in [-0.05, 0) is 0 Å². The van der Waals surface area contributed by atoms with Crippen molar-refractivity contribution < 1.29 is 20.4 Å². The molecule has 5 heteroatoms. The van der Waals surface area contributed by atoms with Crippen molar-refractivity contribution in [3.8, 4) is 5.75 Å². The normalized spacial score (nSPS) is 10.9. The van der Waals surface area contributed by atoms with Gasteiger partial charge in [0.15, 0.2) is 0 Å². The Morgan fingerprint density at radius 3 is 2.47 bits per heavy atom. The molecule has 0 aromatic heterocycles. The number of methoxy groups -OCH3 is 1. The molecule has 1 aromatic carbocycles. The molecule has 82 valence electrons. The van der Waals surface area contributed by atoms with Crippen LogP contribution < -0.4 is 10.2 Å². The Morgan fingerprint density at radius 1 is 1.33 bits per heavy atom. The van der Waals surface area contributed by atoms with Gasteiger partial charge < -0.3 is 11.0 Å². The summed E-state index contributed by atoms with van der Waals surface area (Å²) in [6, 6.07) is 7.31. The van der Waals surface area contributed by atoms with Crippen LogP contribution in [0.4, 0.5) is 0 Å². The third-order valence-electron chi connectivity index (χ3n) is 1.72. The summed E-state index contributed by atoms with van der Waals surface area (Å²) in [6.07, 6.45) is 0.618. The smallest absolute Gasteiger partial charge is 0.870 e. The van der Waals surface area contributed by atoms with Crippen molar-refractivity contribution >= 4 is 13.3 Å². The van der Waals surface area contributed by atoms with Crippen LogP contribution in [0.3, 0.4) is 0 Å². The average molecular weight is 210 g/mol. The fraction of sp³-hybridized carbons (Fsp3) is 0.400. The third kappa shape index (κ3) is 5.42. The van der Waals surface area contributed by atoms with E-state index in [-0.39, 0.29) is 17.2 Å². The van der Waals surface area contributed by atoms with Gasteiger partial charge in [-0.25, -0.2) is 0 Å². The molecular formula is C10H15BO4. The van der Waals surface area contributed by atoms with Crippen molar-refractivity contribution in [1.29, 1.82) is 0 Å². The minimum Gasteiger partial charge on any atom is -0.870 e. The first-order valence-corrected chi connectivity index (χ1v) is 4.31. The zero-order chi connectivity index (χ0) is 9.68. The van der Waals surface area contributed by atoms with Crippen LogP contribution in [0.5, 0.6) is 5.75 Å². The molecule has 0 fully saturated rings. The van der Waals surface area contributed by atoms with Crippen LogP contribution in [0.1, 0.15) is 13.3 Å². The van der Waals surface area contributed by atoms with Gasteiger partial charge in [0.2, 0.25) is 0 Å². The van der Waals surface area contributed by atoms with Gasteiger partial charge >= 0.3 is 79.5 Å². The molecule has 0 bridgehead atoms. The van der Waals surface area contributed by atoms with Crippen molar-refractivity contribution in [2.75, 3.05) is 7.11 Å². The van der Waals surface area contributed by atoms with E-state index in [2.05, 4.69) is 0 Å². The van der Waals surface area contributed by atoms with E-state index in [0.29, 0.717) is 5.46 Å². The van der Waals surface area contributed by atoms with E-state index >= 15 is 0 Å². The molecule has 1 atom stereocenters. The fourth-order valence-electron chi connectivity index (χ4n) is 1.04. The minimum absolute atomic E-state index is 0. The molecule has 4 nitrogen and oxygen atoms in total. The first kappa shape index (κ1) is 16.4. The summed E-state index contributed by atoms with van der Waals surface area (Å²) < 4.78 is 10.6. The van der Waals surface area contributed by atoms with Gasteiger partial charge in [0, 0.05) is 0 Å². The van der Waals surface area contributed by atoms with Gasteiger partial charge in [-0.3, -0.25) is 0 Å². The van der Waals surface area contributed by atoms with Crippen LogP contribution in [0, 0.1) is 0 Å². The standard InChI is InChI=1S/C10H13BO2.2H2O/c1-3-10(12-2)13-9-6-4-5-8(11)7-9;;/h4-7,10H,3H2,1-2H3;2*1H2/q+2;;/p-2. The van der Waals surface area contributed by atoms with Crippen LogP contribution in [0.15, 0.2) is 24.3 Å². The summed E-state index contributed by atoms with van der Waals surface area (Å²) in [6.45, 7) is 2.00. The van der Waals surface area contributed by atoms with Crippen molar-refractivity contribution in [3.63, 3.8) is 0 Å². The van der Waals surface area contributed by atoms with Crippen LogP contribution in [0.25, 0.3) is 0 Å². The molecule has 0 aliphatic carbocycles. The molecule has 0 spiro atoms.